The lowest BCUT2D eigenvalue weighted by atomic mass is 10.1. The maximum absolute atomic E-state index is 6.15. The van der Waals surface area contributed by atoms with Gasteiger partial charge in [0.05, 0.1) is 0 Å². The minimum atomic E-state index is 0.768. The third kappa shape index (κ3) is 1.35. The van der Waals surface area contributed by atoms with Crippen LogP contribution in [0.3, 0.4) is 0 Å². The molecule has 0 bridgehead atoms. The highest BCUT2D eigenvalue weighted by Gasteiger charge is 2.16. The standard InChI is InChI=1S/C11H10ClN3/c12-10-6-13-4-9(10)8-5-15-11-7(8)2-1-3-14-11/h1-3,5,13H,4,6H2,(H,14,15). The summed E-state index contributed by atoms with van der Waals surface area (Å²) in [6.45, 7) is 1.60. The Kier molecular flexibility index (Phi) is 2.01. The van der Waals surface area contributed by atoms with Crippen LogP contribution in [0, 0.1) is 0 Å². The van der Waals surface area contributed by atoms with Crippen LogP contribution in [0.15, 0.2) is 29.6 Å². The number of fused-ring (bicyclic) bond motifs is 1. The molecule has 2 aromatic heterocycles. The third-order valence-electron chi connectivity index (χ3n) is 2.69. The molecule has 3 rings (SSSR count). The second-order valence-electron chi connectivity index (χ2n) is 3.59. The Morgan fingerprint density at radius 3 is 3.07 bits per heavy atom. The monoisotopic (exact) mass is 219 g/mol. The van der Waals surface area contributed by atoms with E-state index >= 15 is 0 Å². The zero-order valence-corrected chi connectivity index (χ0v) is 8.80. The fourth-order valence-corrected chi connectivity index (χ4v) is 2.21. The maximum atomic E-state index is 6.15. The van der Waals surface area contributed by atoms with E-state index in [1.807, 2.05) is 12.3 Å². The zero-order chi connectivity index (χ0) is 10.3. The Labute approximate surface area is 92.2 Å². The van der Waals surface area contributed by atoms with E-state index in [1.54, 1.807) is 6.20 Å². The first-order chi connectivity index (χ1) is 7.36. The molecule has 0 unspecified atom stereocenters. The molecule has 0 aliphatic carbocycles. The van der Waals surface area contributed by atoms with Gasteiger partial charge in [-0.1, -0.05) is 11.6 Å². The number of H-pyrrole nitrogens is 1. The molecule has 0 saturated heterocycles. The van der Waals surface area contributed by atoms with Gasteiger partial charge in [0.1, 0.15) is 5.65 Å². The summed E-state index contributed by atoms with van der Waals surface area (Å²) in [6, 6.07) is 4.00. The predicted octanol–water partition coefficient (Wildman–Crippen LogP) is 2.12. The third-order valence-corrected chi connectivity index (χ3v) is 3.05. The summed E-state index contributed by atoms with van der Waals surface area (Å²) in [5.41, 5.74) is 3.25. The van der Waals surface area contributed by atoms with Crippen molar-refractivity contribution >= 4 is 28.2 Å². The summed E-state index contributed by atoms with van der Waals surface area (Å²) in [4.78, 5) is 7.41. The lowest BCUT2D eigenvalue weighted by Gasteiger charge is -1.99. The van der Waals surface area contributed by atoms with Crippen molar-refractivity contribution in [2.24, 2.45) is 0 Å². The van der Waals surface area contributed by atoms with E-state index in [2.05, 4.69) is 21.4 Å². The fraction of sp³-hybridized carbons (Fsp3) is 0.182. The Morgan fingerprint density at radius 1 is 1.33 bits per heavy atom. The van der Waals surface area contributed by atoms with Crippen LogP contribution in [0.2, 0.25) is 0 Å². The molecule has 2 N–H and O–H groups in total. The quantitative estimate of drug-likeness (QED) is 0.772. The maximum Gasteiger partial charge on any atom is 0.137 e. The molecular formula is C11H10ClN3. The van der Waals surface area contributed by atoms with Crippen LogP contribution in [-0.2, 0) is 0 Å². The van der Waals surface area contributed by atoms with Gasteiger partial charge in [-0.25, -0.2) is 4.98 Å². The molecule has 2 aromatic rings. The molecule has 1 aliphatic heterocycles. The van der Waals surface area contributed by atoms with E-state index in [0.29, 0.717) is 0 Å². The number of aromatic nitrogens is 2. The predicted molar refractivity (Wildman–Crippen MR) is 61.7 cm³/mol. The topological polar surface area (TPSA) is 40.7 Å². The first-order valence-electron chi connectivity index (χ1n) is 4.87. The summed E-state index contributed by atoms with van der Waals surface area (Å²) in [5, 5.41) is 5.27. The Balaban J connectivity index is 2.23. The number of halogens is 1. The number of hydrogen-bond acceptors (Lipinski definition) is 2. The zero-order valence-electron chi connectivity index (χ0n) is 8.05. The number of nitrogens with zero attached hydrogens (tertiary/aromatic N) is 1. The van der Waals surface area contributed by atoms with Crippen LogP contribution >= 0.6 is 11.6 Å². The smallest absolute Gasteiger partial charge is 0.137 e. The van der Waals surface area contributed by atoms with Crippen LogP contribution in [0.1, 0.15) is 5.56 Å². The summed E-state index contributed by atoms with van der Waals surface area (Å²) in [7, 11) is 0. The molecule has 15 heavy (non-hydrogen) atoms. The minimum Gasteiger partial charge on any atom is -0.346 e. The van der Waals surface area contributed by atoms with Crippen molar-refractivity contribution in [3.05, 3.63) is 35.1 Å². The van der Waals surface area contributed by atoms with Gasteiger partial charge in [0.2, 0.25) is 0 Å². The molecule has 0 radical (unpaired) electrons. The van der Waals surface area contributed by atoms with E-state index in [-0.39, 0.29) is 0 Å². The molecule has 0 spiro atoms. The van der Waals surface area contributed by atoms with E-state index in [1.165, 1.54) is 5.57 Å². The number of pyridine rings is 1. The second-order valence-corrected chi connectivity index (χ2v) is 4.05. The largest absolute Gasteiger partial charge is 0.346 e. The molecule has 76 valence electrons. The van der Waals surface area contributed by atoms with Crippen molar-refractivity contribution < 1.29 is 0 Å². The van der Waals surface area contributed by atoms with Crippen molar-refractivity contribution in [1.29, 1.82) is 0 Å². The summed E-state index contributed by atoms with van der Waals surface area (Å²) >= 11 is 6.15. The molecule has 3 nitrogen and oxygen atoms in total. The second kappa shape index (κ2) is 3.36. The van der Waals surface area contributed by atoms with Gasteiger partial charge in [0.15, 0.2) is 0 Å². The van der Waals surface area contributed by atoms with E-state index in [0.717, 1.165) is 34.7 Å². The molecule has 4 heteroatoms. The number of rotatable bonds is 1. The molecule has 1 aliphatic rings. The number of hydrogen-bond donors (Lipinski definition) is 2. The molecule has 0 fully saturated rings. The highest BCUT2D eigenvalue weighted by atomic mass is 35.5. The van der Waals surface area contributed by atoms with Gasteiger partial charge >= 0.3 is 0 Å². The lowest BCUT2D eigenvalue weighted by Crippen LogP contribution is -2.07. The van der Waals surface area contributed by atoms with Gasteiger partial charge in [-0.3, -0.25) is 0 Å². The van der Waals surface area contributed by atoms with Crippen LogP contribution in [0.5, 0.6) is 0 Å². The molecule has 0 saturated carbocycles. The highest BCUT2D eigenvalue weighted by Crippen LogP contribution is 2.29. The number of aromatic amines is 1. The molecule has 0 aromatic carbocycles. The van der Waals surface area contributed by atoms with Crippen LogP contribution in [-0.4, -0.2) is 23.1 Å². The van der Waals surface area contributed by atoms with E-state index < -0.39 is 0 Å². The van der Waals surface area contributed by atoms with Gasteiger partial charge in [0.25, 0.3) is 0 Å². The Hall–Kier alpha value is -1.32. The normalized spacial score (nSPS) is 16.6. The highest BCUT2D eigenvalue weighted by molar-refractivity contribution is 6.33. The SMILES string of the molecule is ClC1=C(c2c[nH]c3ncccc23)CNC1. The average molecular weight is 220 g/mol. The van der Waals surface area contributed by atoms with Crippen molar-refractivity contribution in [2.75, 3.05) is 13.1 Å². The van der Waals surface area contributed by atoms with Crippen LogP contribution < -0.4 is 5.32 Å². The number of nitrogens with one attached hydrogen (secondary N) is 2. The lowest BCUT2D eigenvalue weighted by molar-refractivity contribution is 0.893. The summed E-state index contributed by atoms with van der Waals surface area (Å²) in [6.07, 6.45) is 3.76. The van der Waals surface area contributed by atoms with Crippen molar-refractivity contribution in [3.8, 4) is 0 Å². The fourth-order valence-electron chi connectivity index (χ4n) is 1.95. The van der Waals surface area contributed by atoms with Gasteiger partial charge in [-0.2, -0.15) is 0 Å². The minimum absolute atomic E-state index is 0.768. The van der Waals surface area contributed by atoms with Crippen molar-refractivity contribution in [1.82, 2.24) is 15.3 Å². The molecule has 0 atom stereocenters. The van der Waals surface area contributed by atoms with Gasteiger partial charge in [-0.05, 0) is 17.7 Å². The van der Waals surface area contributed by atoms with Crippen LogP contribution in [0.4, 0.5) is 0 Å². The van der Waals surface area contributed by atoms with Crippen LogP contribution in [0.25, 0.3) is 16.6 Å². The Morgan fingerprint density at radius 2 is 2.27 bits per heavy atom. The van der Waals surface area contributed by atoms with E-state index in [4.69, 9.17) is 11.6 Å². The molecule has 3 heterocycles. The van der Waals surface area contributed by atoms with Gasteiger partial charge in [0, 0.05) is 41.5 Å². The summed E-state index contributed by atoms with van der Waals surface area (Å²) < 4.78 is 0. The average Bonchev–Trinajstić information content (AvgIpc) is 2.83. The first-order valence-corrected chi connectivity index (χ1v) is 5.25. The molecular weight excluding hydrogens is 210 g/mol. The van der Waals surface area contributed by atoms with Crippen molar-refractivity contribution in [2.45, 2.75) is 0 Å². The summed E-state index contributed by atoms with van der Waals surface area (Å²) in [5.74, 6) is 0. The Bertz CT molecular complexity index is 542. The van der Waals surface area contributed by atoms with Crippen molar-refractivity contribution in [3.63, 3.8) is 0 Å². The molecule has 0 amide bonds. The van der Waals surface area contributed by atoms with E-state index in [9.17, 15) is 0 Å². The van der Waals surface area contributed by atoms with Gasteiger partial charge in [-0.15, -0.1) is 0 Å². The van der Waals surface area contributed by atoms with Gasteiger partial charge < -0.3 is 10.3 Å². The first kappa shape index (κ1) is 8.95.